The molecule has 2 aromatic carbocycles. The van der Waals surface area contributed by atoms with Gasteiger partial charge in [0.2, 0.25) is 5.91 Å². The maximum Gasteiger partial charge on any atom is 0.239 e. The average molecular weight is 502 g/mol. The minimum Gasteiger partial charge on any atom is -0.453 e. The molecule has 7 nitrogen and oxygen atoms in total. The molecule has 8 heteroatoms. The van der Waals surface area contributed by atoms with E-state index in [9.17, 15) is 9.18 Å². The van der Waals surface area contributed by atoms with Crippen molar-refractivity contribution >= 4 is 16.9 Å². The molecule has 0 bridgehead atoms. The zero-order chi connectivity index (χ0) is 25.9. The predicted molar refractivity (Wildman–Crippen MR) is 142 cm³/mol. The number of benzene rings is 2. The van der Waals surface area contributed by atoms with Gasteiger partial charge in [0.25, 0.3) is 0 Å². The summed E-state index contributed by atoms with van der Waals surface area (Å²) in [6.45, 7) is 7.77. The summed E-state index contributed by atoms with van der Waals surface area (Å²) < 4.78 is 20.8. The first-order valence-electron chi connectivity index (χ1n) is 12.6. The third-order valence-electron chi connectivity index (χ3n) is 6.93. The molecule has 1 fully saturated rings. The lowest BCUT2D eigenvalue weighted by molar-refractivity contribution is -0.134. The lowest BCUT2D eigenvalue weighted by Gasteiger charge is -2.36. The van der Waals surface area contributed by atoms with Gasteiger partial charge in [0.05, 0.1) is 11.4 Å². The van der Waals surface area contributed by atoms with E-state index < -0.39 is 11.9 Å². The number of hydrogen-bond donors (Lipinski definition) is 2. The summed E-state index contributed by atoms with van der Waals surface area (Å²) in [5, 5.41) is 0.817. The third kappa shape index (κ3) is 5.65. The van der Waals surface area contributed by atoms with Crippen LogP contribution in [0.2, 0.25) is 0 Å². The van der Waals surface area contributed by atoms with Gasteiger partial charge in [0.1, 0.15) is 11.4 Å². The summed E-state index contributed by atoms with van der Waals surface area (Å²) in [4.78, 5) is 24.5. The SMILES string of the molecule is Cc1ccc(CN2CCN(C(=O)C(N)Cc3ccc(Oc4ccnc5[nH]cc(C)c45)c(F)c3)CC2)cc1. The summed E-state index contributed by atoms with van der Waals surface area (Å²) in [7, 11) is 0. The van der Waals surface area contributed by atoms with Gasteiger partial charge >= 0.3 is 0 Å². The highest BCUT2D eigenvalue weighted by Gasteiger charge is 2.26. The topological polar surface area (TPSA) is 87.5 Å². The van der Waals surface area contributed by atoms with Crippen LogP contribution in [0, 0.1) is 19.7 Å². The van der Waals surface area contributed by atoms with Crippen molar-refractivity contribution in [2.75, 3.05) is 26.2 Å². The molecule has 192 valence electrons. The van der Waals surface area contributed by atoms with Crippen molar-refractivity contribution in [2.24, 2.45) is 5.73 Å². The van der Waals surface area contributed by atoms with E-state index in [2.05, 4.69) is 46.1 Å². The molecule has 2 aromatic heterocycles. The average Bonchev–Trinajstić information content (AvgIpc) is 3.28. The highest BCUT2D eigenvalue weighted by atomic mass is 19.1. The molecule has 1 aliphatic heterocycles. The molecule has 1 unspecified atom stereocenters. The summed E-state index contributed by atoms with van der Waals surface area (Å²) in [6, 6.07) is 14.3. The summed E-state index contributed by atoms with van der Waals surface area (Å²) in [6.07, 6.45) is 3.72. The van der Waals surface area contributed by atoms with Crippen molar-refractivity contribution in [1.82, 2.24) is 19.8 Å². The maximum atomic E-state index is 14.9. The number of aromatic amines is 1. The fourth-order valence-corrected chi connectivity index (χ4v) is 4.79. The maximum absolute atomic E-state index is 14.9. The number of H-pyrrole nitrogens is 1. The number of pyridine rings is 1. The lowest BCUT2D eigenvalue weighted by atomic mass is 10.0. The minimum absolute atomic E-state index is 0.0992. The van der Waals surface area contributed by atoms with Crippen LogP contribution in [0.1, 0.15) is 22.3 Å². The highest BCUT2D eigenvalue weighted by molar-refractivity contribution is 5.86. The van der Waals surface area contributed by atoms with Crippen LogP contribution in [-0.4, -0.2) is 57.9 Å². The molecule has 0 saturated carbocycles. The number of nitrogens with zero attached hydrogens (tertiary/aromatic N) is 3. The monoisotopic (exact) mass is 501 g/mol. The Labute approximate surface area is 216 Å². The molecule has 3 N–H and O–H groups in total. The van der Waals surface area contributed by atoms with E-state index in [1.165, 1.54) is 17.2 Å². The number of amides is 1. The fourth-order valence-electron chi connectivity index (χ4n) is 4.79. The number of carbonyl (C=O) groups is 1. The zero-order valence-corrected chi connectivity index (χ0v) is 21.2. The zero-order valence-electron chi connectivity index (χ0n) is 21.2. The van der Waals surface area contributed by atoms with E-state index in [0.29, 0.717) is 30.0 Å². The van der Waals surface area contributed by atoms with Crippen LogP contribution in [0.5, 0.6) is 11.5 Å². The van der Waals surface area contributed by atoms with Crippen LogP contribution in [0.25, 0.3) is 11.0 Å². The number of aryl methyl sites for hydroxylation is 2. The fraction of sp³-hybridized carbons (Fsp3) is 0.310. The molecule has 37 heavy (non-hydrogen) atoms. The number of nitrogens with two attached hydrogens (primary N) is 1. The predicted octanol–water partition coefficient (Wildman–Crippen LogP) is 4.33. The molecule has 0 radical (unpaired) electrons. The van der Waals surface area contributed by atoms with Gasteiger partial charge < -0.3 is 20.4 Å². The van der Waals surface area contributed by atoms with Crippen molar-refractivity contribution in [1.29, 1.82) is 0 Å². The second-order valence-corrected chi connectivity index (χ2v) is 9.77. The quantitative estimate of drug-likeness (QED) is 0.394. The van der Waals surface area contributed by atoms with Gasteiger partial charge in [-0.1, -0.05) is 35.9 Å². The van der Waals surface area contributed by atoms with E-state index in [4.69, 9.17) is 10.5 Å². The molecular weight excluding hydrogens is 469 g/mol. The number of fused-ring (bicyclic) bond motifs is 1. The number of halogens is 1. The van der Waals surface area contributed by atoms with Crippen LogP contribution in [-0.2, 0) is 17.8 Å². The Morgan fingerprint density at radius 1 is 1.05 bits per heavy atom. The second kappa shape index (κ2) is 10.7. The molecule has 1 aliphatic rings. The molecular formula is C29H32FN5O2. The van der Waals surface area contributed by atoms with Crippen LogP contribution < -0.4 is 10.5 Å². The molecule has 1 atom stereocenters. The normalized spacial score (nSPS) is 15.2. The number of piperazine rings is 1. The molecule has 0 aliphatic carbocycles. The van der Waals surface area contributed by atoms with Gasteiger partial charge in [-0.2, -0.15) is 0 Å². The van der Waals surface area contributed by atoms with E-state index in [-0.39, 0.29) is 18.1 Å². The van der Waals surface area contributed by atoms with Gasteiger partial charge in [-0.3, -0.25) is 9.69 Å². The van der Waals surface area contributed by atoms with Crippen LogP contribution in [0.3, 0.4) is 0 Å². The first kappa shape index (κ1) is 24.9. The van der Waals surface area contributed by atoms with E-state index in [1.807, 2.05) is 18.0 Å². The molecule has 1 saturated heterocycles. The number of ether oxygens (including phenoxy) is 1. The molecule has 0 spiro atoms. The Morgan fingerprint density at radius 3 is 2.51 bits per heavy atom. The van der Waals surface area contributed by atoms with Crippen LogP contribution in [0.15, 0.2) is 60.9 Å². The lowest BCUT2D eigenvalue weighted by Crippen LogP contribution is -2.53. The largest absolute Gasteiger partial charge is 0.453 e. The van der Waals surface area contributed by atoms with Gasteiger partial charge in [0.15, 0.2) is 11.6 Å². The number of rotatable bonds is 7. The minimum atomic E-state index is -0.725. The van der Waals surface area contributed by atoms with Gasteiger partial charge in [-0.05, 0) is 55.2 Å². The van der Waals surface area contributed by atoms with E-state index >= 15 is 0 Å². The Kier molecular flexibility index (Phi) is 7.21. The van der Waals surface area contributed by atoms with Crippen molar-refractivity contribution in [2.45, 2.75) is 32.9 Å². The number of aromatic nitrogens is 2. The van der Waals surface area contributed by atoms with Crippen molar-refractivity contribution in [3.8, 4) is 11.5 Å². The van der Waals surface area contributed by atoms with Crippen molar-refractivity contribution in [3.05, 3.63) is 89.0 Å². The molecule has 5 rings (SSSR count). The first-order valence-corrected chi connectivity index (χ1v) is 12.6. The van der Waals surface area contributed by atoms with Gasteiger partial charge in [-0.15, -0.1) is 0 Å². The highest BCUT2D eigenvalue weighted by Crippen LogP contribution is 2.32. The number of hydrogen-bond acceptors (Lipinski definition) is 5. The Balaban J connectivity index is 1.16. The van der Waals surface area contributed by atoms with Crippen molar-refractivity contribution in [3.63, 3.8) is 0 Å². The Hall–Kier alpha value is -3.75. The van der Waals surface area contributed by atoms with Crippen LogP contribution in [0.4, 0.5) is 4.39 Å². The second-order valence-electron chi connectivity index (χ2n) is 9.77. The first-order chi connectivity index (χ1) is 17.9. The number of nitrogens with one attached hydrogen (secondary N) is 1. The number of carbonyl (C=O) groups excluding carboxylic acids is 1. The molecule has 1 amide bonds. The standard InChI is InChI=1S/C29H32FN5O2/c1-19-3-5-21(6-4-19)18-34-11-13-35(14-12-34)29(36)24(31)16-22-7-8-25(23(30)15-22)37-26-9-10-32-28-27(26)20(2)17-33-28/h3-10,15,17,24H,11-14,16,18,31H2,1-2H3,(H,32,33). The van der Waals surface area contributed by atoms with Crippen LogP contribution >= 0.6 is 0 Å². The summed E-state index contributed by atoms with van der Waals surface area (Å²) in [5.74, 6) is 0.0445. The summed E-state index contributed by atoms with van der Waals surface area (Å²) in [5.41, 5.74) is 11.1. The van der Waals surface area contributed by atoms with Gasteiger partial charge in [0, 0.05) is 45.1 Å². The summed E-state index contributed by atoms with van der Waals surface area (Å²) >= 11 is 0. The van der Waals surface area contributed by atoms with E-state index in [1.54, 1.807) is 24.4 Å². The van der Waals surface area contributed by atoms with Crippen molar-refractivity contribution < 1.29 is 13.9 Å². The Morgan fingerprint density at radius 2 is 1.78 bits per heavy atom. The van der Waals surface area contributed by atoms with E-state index in [0.717, 1.165) is 30.6 Å². The molecule has 4 aromatic rings. The molecule has 3 heterocycles. The smallest absolute Gasteiger partial charge is 0.239 e. The Bertz CT molecular complexity index is 1390. The van der Waals surface area contributed by atoms with Gasteiger partial charge in [-0.25, -0.2) is 9.37 Å². The third-order valence-corrected chi connectivity index (χ3v) is 6.93.